The van der Waals surface area contributed by atoms with Gasteiger partial charge in [0.1, 0.15) is 0 Å². The fourth-order valence-corrected chi connectivity index (χ4v) is 1.64. The molecule has 2 aromatic rings. The van der Waals surface area contributed by atoms with Crippen LogP contribution in [-0.4, -0.2) is 9.78 Å². The van der Waals surface area contributed by atoms with Crippen molar-refractivity contribution in [3.8, 4) is 0 Å². The van der Waals surface area contributed by atoms with E-state index in [4.69, 9.17) is 4.42 Å². The molecule has 16 heavy (non-hydrogen) atoms. The number of nitrogens with zero attached hydrogens (tertiary/aromatic N) is 2. The van der Waals surface area contributed by atoms with Crippen LogP contribution in [0.1, 0.15) is 23.9 Å². The summed E-state index contributed by atoms with van der Waals surface area (Å²) in [6, 6.07) is 4.11. The van der Waals surface area contributed by atoms with Crippen molar-refractivity contribution in [2.45, 2.75) is 26.4 Å². The van der Waals surface area contributed by atoms with E-state index in [9.17, 15) is 0 Å². The average molecular weight is 219 g/mol. The lowest BCUT2D eigenvalue weighted by Crippen LogP contribution is -2.14. The first-order chi connectivity index (χ1) is 7.79. The van der Waals surface area contributed by atoms with Crippen molar-refractivity contribution in [3.05, 3.63) is 41.6 Å². The summed E-state index contributed by atoms with van der Waals surface area (Å²) in [4.78, 5) is 0. The zero-order chi connectivity index (χ0) is 11.4. The monoisotopic (exact) mass is 219 g/mol. The van der Waals surface area contributed by atoms with Crippen LogP contribution >= 0.6 is 0 Å². The molecule has 2 aromatic heterocycles. The van der Waals surface area contributed by atoms with Crippen LogP contribution < -0.4 is 5.32 Å². The van der Waals surface area contributed by atoms with E-state index in [0.29, 0.717) is 0 Å². The van der Waals surface area contributed by atoms with Gasteiger partial charge in [-0.15, -0.1) is 0 Å². The predicted octanol–water partition coefficient (Wildman–Crippen LogP) is 1.87. The van der Waals surface area contributed by atoms with E-state index in [2.05, 4.69) is 23.4 Å². The van der Waals surface area contributed by atoms with Crippen molar-refractivity contribution in [2.24, 2.45) is 7.05 Å². The van der Waals surface area contributed by atoms with Crippen LogP contribution in [0.25, 0.3) is 0 Å². The number of furan rings is 1. The van der Waals surface area contributed by atoms with Crippen LogP contribution in [0, 0.1) is 0 Å². The summed E-state index contributed by atoms with van der Waals surface area (Å²) in [6.45, 7) is 3.77. The van der Waals surface area contributed by atoms with Gasteiger partial charge in [-0.3, -0.25) is 4.68 Å². The molecule has 1 N–H and O–H groups in total. The van der Waals surface area contributed by atoms with Gasteiger partial charge < -0.3 is 9.73 Å². The number of nitrogens with one attached hydrogen (secondary N) is 1. The maximum atomic E-state index is 5.00. The van der Waals surface area contributed by atoms with Gasteiger partial charge in [-0.25, -0.2) is 0 Å². The summed E-state index contributed by atoms with van der Waals surface area (Å²) in [6.07, 6.45) is 4.43. The standard InChI is InChI=1S/C12H17N3O/c1-3-11-6-12(15(2)14-11)8-13-7-10-4-5-16-9-10/h4-6,9,13H,3,7-8H2,1-2H3. The van der Waals surface area contributed by atoms with Crippen LogP contribution in [0.3, 0.4) is 0 Å². The minimum absolute atomic E-state index is 0.823. The zero-order valence-corrected chi connectivity index (χ0v) is 9.73. The Bertz CT molecular complexity index is 431. The van der Waals surface area contributed by atoms with E-state index < -0.39 is 0 Å². The fourth-order valence-electron chi connectivity index (χ4n) is 1.64. The molecule has 0 radical (unpaired) electrons. The molecular weight excluding hydrogens is 202 g/mol. The lowest BCUT2D eigenvalue weighted by molar-refractivity contribution is 0.558. The number of hydrogen-bond acceptors (Lipinski definition) is 3. The summed E-state index contributed by atoms with van der Waals surface area (Å²) < 4.78 is 6.94. The first-order valence-electron chi connectivity index (χ1n) is 5.53. The summed E-state index contributed by atoms with van der Waals surface area (Å²) in [7, 11) is 1.98. The minimum Gasteiger partial charge on any atom is -0.472 e. The topological polar surface area (TPSA) is 43.0 Å². The molecule has 4 nitrogen and oxygen atoms in total. The molecule has 0 spiro atoms. The summed E-state index contributed by atoms with van der Waals surface area (Å²) in [5.41, 5.74) is 3.51. The van der Waals surface area contributed by atoms with E-state index in [0.717, 1.165) is 30.8 Å². The minimum atomic E-state index is 0.823. The molecule has 0 aliphatic heterocycles. The van der Waals surface area contributed by atoms with Crippen LogP contribution in [0.4, 0.5) is 0 Å². The third-order valence-corrected chi connectivity index (χ3v) is 2.60. The van der Waals surface area contributed by atoms with E-state index in [1.165, 1.54) is 5.69 Å². The first-order valence-corrected chi connectivity index (χ1v) is 5.53. The number of rotatable bonds is 5. The average Bonchev–Trinajstić information content (AvgIpc) is 2.89. The Morgan fingerprint density at radius 3 is 2.94 bits per heavy atom. The summed E-state index contributed by atoms with van der Waals surface area (Å²) in [5, 5.41) is 7.76. The maximum absolute atomic E-state index is 5.00. The van der Waals surface area contributed by atoms with E-state index >= 15 is 0 Å². The second-order valence-electron chi connectivity index (χ2n) is 3.84. The molecule has 0 atom stereocenters. The number of hydrogen-bond donors (Lipinski definition) is 1. The Morgan fingerprint density at radius 1 is 1.44 bits per heavy atom. The molecule has 2 rings (SSSR count). The van der Waals surface area contributed by atoms with E-state index in [1.54, 1.807) is 12.5 Å². The SMILES string of the molecule is CCc1cc(CNCc2ccoc2)n(C)n1. The van der Waals surface area contributed by atoms with Crippen molar-refractivity contribution in [2.75, 3.05) is 0 Å². The third kappa shape index (κ3) is 2.52. The van der Waals surface area contributed by atoms with Gasteiger partial charge in [0.05, 0.1) is 23.9 Å². The number of aromatic nitrogens is 2. The molecule has 0 fully saturated rings. The Morgan fingerprint density at radius 2 is 2.31 bits per heavy atom. The van der Waals surface area contributed by atoms with Crippen LogP contribution in [0.15, 0.2) is 29.1 Å². The smallest absolute Gasteiger partial charge is 0.0947 e. The summed E-state index contributed by atoms with van der Waals surface area (Å²) in [5.74, 6) is 0. The van der Waals surface area contributed by atoms with Crippen LogP contribution in [0.2, 0.25) is 0 Å². The highest BCUT2D eigenvalue weighted by Gasteiger charge is 2.03. The van der Waals surface area contributed by atoms with Crippen molar-refractivity contribution >= 4 is 0 Å². The highest BCUT2D eigenvalue weighted by Crippen LogP contribution is 2.04. The first kappa shape index (κ1) is 11.0. The molecular formula is C12H17N3O. The highest BCUT2D eigenvalue weighted by atomic mass is 16.3. The molecule has 0 saturated carbocycles. The van der Waals surface area contributed by atoms with Gasteiger partial charge in [0, 0.05) is 25.7 Å². The normalized spacial score (nSPS) is 10.9. The molecule has 0 saturated heterocycles. The van der Waals surface area contributed by atoms with Gasteiger partial charge in [0.15, 0.2) is 0 Å². The molecule has 0 unspecified atom stereocenters. The van der Waals surface area contributed by atoms with Crippen molar-refractivity contribution in [1.82, 2.24) is 15.1 Å². The maximum Gasteiger partial charge on any atom is 0.0947 e. The Labute approximate surface area is 95.3 Å². The van der Waals surface area contributed by atoms with E-state index in [-0.39, 0.29) is 0 Å². The van der Waals surface area contributed by atoms with Gasteiger partial charge in [0.2, 0.25) is 0 Å². The Hall–Kier alpha value is -1.55. The molecule has 0 amide bonds. The molecule has 0 aromatic carbocycles. The van der Waals surface area contributed by atoms with Crippen LogP contribution in [-0.2, 0) is 26.6 Å². The third-order valence-electron chi connectivity index (χ3n) is 2.60. The van der Waals surface area contributed by atoms with Gasteiger partial charge in [-0.05, 0) is 18.6 Å². The fraction of sp³-hybridized carbons (Fsp3) is 0.417. The second kappa shape index (κ2) is 4.99. The van der Waals surface area contributed by atoms with Crippen molar-refractivity contribution in [3.63, 3.8) is 0 Å². The van der Waals surface area contributed by atoms with Crippen LogP contribution in [0.5, 0.6) is 0 Å². The highest BCUT2D eigenvalue weighted by molar-refractivity contribution is 5.10. The second-order valence-corrected chi connectivity index (χ2v) is 3.84. The molecule has 2 heterocycles. The molecule has 0 bridgehead atoms. The van der Waals surface area contributed by atoms with E-state index in [1.807, 2.05) is 17.8 Å². The van der Waals surface area contributed by atoms with Gasteiger partial charge in [-0.2, -0.15) is 5.10 Å². The number of aryl methyl sites for hydroxylation is 2. The Kier molecular flexibility index (Phi) is 3.41. The molecule has 86 valence electrons. The molecule has 0 aliphatic rings. The predicted molar refractivity (Wildman–Crippen MR) is 61.8 cm³/mol. The lowest BCUT2D eigenvalue weighted by Gasteiger charge is -2.02. The zero-order valence-electron chi connectivity index (χ0n) is 9.73. The summed E-state index contributed by atoms with van der Waals surface area (Å²) >= 11 is 0. The lowest BCUT2D eigenvalue weighted by atomic mass is 10.3. The van der Waals surface area contributed by atoms with Gasteiger partial charge >= 0.3 is 0 Å². The molecule has 4 heteroatoms. The molecule has 0 aliphatic carbocycles. The van der Waals surface area contributed by atoms with Gasteiger partial charge in [-0.1, -0.05) is 6.92 Å². The Balaban J connectivity index is 1.87. The van der Waals surface area contributed by atoms with Crippen molar-refractivity contribution in [1.29, 1.82) is 0 Å². The largest absolute Gasteiger partial charge is 0.472 e. The quantitative estimate of drug-likeness (QED) is 0.834. The van der Waals surface area contributed by atoms with Crippen molar-refractivity contribution < 1.29 is 4.42 Å². The van der Waals surface area contributed by atoms with Gasteiger partial charge in [0.25, 0.3) is 0 Å².